The number of carboxylic acid groups (broad SMARTS) is 1. The third-order valence-electron chi connectivity index (χ3n) is 4.25. The van der Waals surface area contributed by atoms with Gasteiger partial charge in [-0.1, -0.05) is 0 Å². The minimum Gasteiger partial charge on any atom is -0.862 e. The van der Waals surface area contributed by atoms with Gasteiger partial charge in [0.15, 0.2) is 5.82 Å². The number of nitrogen functional groups attached to an aromatic ring is 1. The van der Waals surface area contributed by atoms with E-state index < -0.39 is 18.3 Å². The van der Waals surface area contributed by atoms with Crippen molar-refractivity contribution in [3.63, 3.8) is 0 Å². The summed E-state index contributed by atoms with van der Waals surface area (Å²) in [5.41, 5.74) is 7.03. The van der Waals surface area contributed by atoms with Crippen LogP contribution < -0.4 is 21.3 Å². The van der Waals surface area contributed by atoms with E-state index in [0.717, 1.165) is 11.6 Å². The summed E-state index contributed by atoms with van der Waals surface area (Å²) in [6, 6.07) is 5.38. The van der Waals surface area contributed by atoms with Crippen molar-refractivity contribution in [3.05, 3.63) is 81.9 Å². The molecule has 1 aromatic carbocycles. The van der Waals surface area contributed by atoms with Gasteiger partial charge in [-0.25, -0.2) is 9.98 Å². The zero-order valence-corrected chi connectivity index (χ0v) is 18.2. The van der Waals surface area contributed by atoms with E-state index >= 15 is 0 Å². The van der Waals surface area contributed by atoms with E-state index in [1.165, 1.54) is 0 Å². The predicted molar refractivity (Wildman–Crippen MR) is 116 cm³/mol. The Hall–Kier alpha value is -2.38. The monoisotopic (exact) mass is 471 g/mol. The van der Waals surface area contributed by atoms with Gasteiger partial charge in [0.2, 0.25) is 5.95 Å². The van der Waals surface area contributed by atoms with Crippen LogP contribution in [0, 0.1) is 63.7 Å². The zero-order valence-electron chi connectivity index (χ0n) is 17.0. The Morgan fingerprint density at radius 3 is 2.25 bits per heavy atom. The maximum Gasteiger partial charge on any atom is 2.00 e. The second-order valence-electron chi connectivity index (χ2n) is 6.62. The molecule has 2 fully saturated rings. The van der Waals surface area contributed by atoms with Crippen LogP contribution in [-0.2, 0) is 21.9 Å². The Bertz CT molecular complexity index is 904. The molecule has 9 heteroatoms. The summed E-state index contributed by atoms with van der Waals surface area (Å²) >= 11 is 0. The van der Waals surface area contributed by atoms with Gasteiger partial charge in [-0.15, -0.1) is 0 Å². The summed E-state index contributed by atoms with van der Waals surface area (Å²) < 4.78 is 0. The van der Waals surface area contributed by atoms with E-state index in [4.69, 9.17) is 5.73 Å². The molecule has 3 N–H and O–H groups in total. The first-order chi connectivity index (χ1) is 15.0. The second-order valence-corrected chi connectivity index (χ2v) is 6.62. The fraction of sp³-hybridized carbons (Fsp3) is 0.130. The number of carbonyl (C=O) groups excluding carboxylic acids is 1. The molecule has 2 aromatic rings. The number of hydrogen-bond donors (Lipinski definition) is 2. The largest absolute Gasteiger partial charge is 2.00 e. The maximum atomic E-state index is 11.9. The van der Waals surface area contributed by atoms with Crippen LogP contribution in [0.5, 0.6) is 0 Å². The number of nitrogens with zero attached hydrogens (tertiary/aromatic N) is 3. The van der Waals surface area contributed by atoms with Gasteiger partial charge in [0.1, 0.15) is 0 Å². The van der Waals surface area contributed by atoms with Crippen molar-refractivity contribution in [2.45, 2.75) is 12.8 Å². The molecular formula is C23H21FeN5O3. The van der Waals surface area contributed by atoms with Gasteiger partial charge in [-0.05, 0) is 94.7 Å². The second kappa shape index (κ2) is 13.2. The SMILES string of the molecule is Nc1nc(N=C([O-])CCC(=O)[O-])c2cc(NC[C]3[CH][CH][CH][CH]3)ccc2n1.[CH]1[CH][CH][CH][CH]1.[Fe+2]. The predicted octanol–water partition coefficient (Wildman–Crippen LogP) is 0.969. The van der Waals surface area contributed by atoms with Crippen LogP contribution in [0.3, 0.4) is 0 Å². The molecule has 2 aliphatic carbocycles. The number of carbonyl (C=O) groups is 1. The van der Waals surface area contributed by atoms with Gasteiger partial charge in [-0.2, -0.15) is 4.98 Å². The third-order valence-corrected chi connectivity index (χ3v) is 4.25. The molecule has 2 aliphatic rings. The van der Waals surface area contributed by atoms with Gasteiger partial charge in [0.25, 0.3) is 0 Å². The molecule has 0 amide bonds. The molecule has 8 nitrogen and oxygen atoms in total. The van der Waals surface area contributed by atoms with Crippen molar-refractivity contribution in [2.24, 2.45) is 4.99 Å². The van der Waals surface area contributed by atoms with Crippen molar-refractivity contribution in [3.8, 4) is 0 Å². The summed E-state index contributed by atoms with van der Waals surface area (Å²) in [5, 5.41) is 26.2. The van der Waals surface area contributed by atoms with Crippen molar-refractivity contribution in [1.82, 2.24) is 9.97 Å². The van der Waals surface area contributed by atoms with Gasteiger partial charge in [0.05, 0.1) is 5.52 Å². The summed E-state index contributed by atoms with van der Waals surface area (Å²) in [7, 11) is 0. The van der Waals surface area contributed by atoms with Crippen LogP contribution in [0.2, 0.25) is 0 Å². The Balaban J connectivity index is 0.000000534. The van der Waals surface area contributed by atoms with Gasteiger partial charge in [-0.3, -0.25) is 0 Å². The number of aliphatic imine (C=N–C) groups is 1. The summed E-state index contributed by atoms with van der Waals surface area (Å²) in [4.78, 5) is 22.5. The minimum absolute atomic E-state index is 0. The number of rotatable bonds is 7. The molecule has 0 bridgehead atoms. The van der Waals surface area contributed by atoms with Crippen LogP contribution in [0.15, 0.2) is 23.2 Å². The molecule has 0 atom stereocenters. The van der Waals surface area contributed by atoms with Gasteiger partial charge in [0, 0.05) is 29.5 Å². The molecule has 1 aromatic heterocycles. The normalized spacial score (nSPS) is 16.3. The Labute approximate surface area is 199 Å². The molecule has 0 spiro atoms. The molecule has 1 heterocycles. The zero-order chi connectivity index (χ0) is 22.1. The van der Waals surface area contributed by atoms with Crippen LogP contribution >= 0.6 is 0 Å². The molecule has 0 unspecified atom stereocenters. The molecule has 164 valence electrons. The fourth-order valence-corrected chi connectivity index (χ4v) is 2.76. The first-order valence-electron chi connectivity index (χ1n) is 9.64. The summed E-state index contributed by atoms with van der Waals surface area (Å²) in [6.45, 7) is 0.644. The molecule has 32 heavy (non-hydrogen) atoms. The maximum absolute atomic E-state index is 11.9. The number of nitrogens with two attached hydrogens (primary N) is 1. The minimum atomic E-state index is -1.31. The average molecular weight is 471 g/mol. The molecule has 0 aliphatic heterocycles. The average Bonchev–Trinajstić information content (AvgIpc) is 3.47. The molecule has 2 saturated carbocycles. The molecule has 10 radical (unpaired) electrons. The number of carboxylic acids is 1. The van der Waals surface area contributed by atoms with E-state index in [9.17, 15) is 15.0 Å². The van der Waals surface area contributed by atoms with Gasteiger partial charge < -0.3 is 26.1 Å². The van der Waals surface area contributed by atoms with E-state index in [2.05, 4.69) is 20.3 Å². The van der Waals surface area contributed by atoms with Crippen LogP contribution in [0.1, 0.15) is 12.8 Å². The van der Waals surface area contributed by atoms with E-state index in [1.807, 2.05) is 63.9 Å². The third kappa shape index (κ3) is 8.28. The van der Waals surface area contributed by atoms with E-state index in [-0.39, 0.29) is 35.3 Å². The quantitative estimate of drug-likeness (QED) is 0.349. The van der Waals surface area contributed by atoms with Crippen molar-refractivity contribution >= 4 is 40.2 Å². The summed E-state index contributed by atoms with van der Waals surface area (Å²) in [5.74, 6) is -0.668. The van der Waals surface area contributed by atoms with Gasteiger partial charge >= 0.3 is 17.1 Å². The van der Waals surface area contributed by atoms with E-state index in [0.29, 0.717) is 17.4 Å². The number of aliphatic carboxylic acids is 1. The first-order valence-corrected chi connectivity index (χ1v) is 9.64. The topological polar surface area (TPSA) is 139 Å². The van der Waals surface area contributed by atoms with Crippen LogP contribution in [-0.4, -0.2) is 28.4 Å². The van der Waals surface area contributed by atoms with Crippen molar-refractivity contribution in [1.29, 1.82) is 0 Å². The number of anilines is 2. The Morgan fingerprint density at radius 1 is 0.969 bits per heavy atom. The standard InChI is InChI=1S/C18H18N5O3.C5H5.Fe/c19-18-21-14-6-5-12(20-10-11-3-1-2-4-11)9-13(14)17(23-18)22-15(24)7-8-16(25)26;1-2-4-5-3-1;/h1-6,9,20H,7-8,10H2,(H,25,26)(H3,19,21,22,23,24);1-5H;/q;;+2/p-2. The fourth-order valence-electron chi connectivity index (χ4n) is 2.76. The number of hydrogen-bond acceptors (Lipinski definition) is 8. The van der Waals surface area contributed by atoms with E-state index in [1.54, 1.807) is 12.1 Å². The van der Waals surface area contributed by atoms with Crippen LogP contribution in [0.25, 0.3) is 10.9 Å². The van der Waals surface area contributed by atoms with Crippen LogP contribution in [0.4, 0.5) is 17.5 Å². The molecular weight excluding hydrogens is 450 g/mol. The number of aromatic nitrogens is 2. The molecule has 4 rings (SSSR count). The summed E-state index contributed by atoms with van der Waals surface area (Å²) in [6.07, 6.45) is 17.3. The molecule has 0 saturated heterocycles. The Kier molecular flexibility index (Phi) is 10.7. The number of benzene rings is 1. The first kappa shape index (κ1) is 25.9. The number of nitrogens with one attached hydrogen (secondary N) is 1. The van der Waals surface area contributed by atoms with Crippen molar-refractivity contribution in [2.75, 3.05) is 17.6 Å². The Morgan fingerprint density at radius 2 is 1.62 bits per heavy atom. The van der Waals surface area contributed by atoms with Crippen molar-refractivity contribution < 1.29 is 32.1 Å². The number of fused-ring (bicyclic) bond motifs is 1. The smallest absolute Gasteiger partial charge is 0.862 e.